The van der Waals surface area contributed by atoms with Crippen molar-refractivity contribution in [2.75, 3.05) is 12.4 Å². The van der Waals surface area contributed by atoms with Gasteiger partial charge in [-0.05, 0) is 44.4 Å². The molecule has 9 nitrogen and oxygen atoms in total. The van der Waals surface area contributed by atoms with Crippen molar-refractivity contribution in [3.05, 3.63) is 88.2 Å². The minimum atomic E-state index is -1.02. The number of nitrogens with zero attached hydrogens (tertiary/aromatic N) is 4. The molecule has 2 atom stereocenters. The molecule has 1 amide bonds. The third-order valence-corrected chi connectivity index (χ3v) is 7.46. The van der Waals surface area contributed by atoms with Crippen LogP contribution in [0.5, 0.6) is 5.88 Å². The van der Waals surface area contributed by atoms with Crippen LogP contribution >= 0.6 is 0 Å². The summed E-state index contributed by atoms with van der Waals surface area (Å²) in [5.41, 5.74) is 2.06. The summed E-state index contributed by atoms with van der Waals surface area (Å²) in [7, 11) is 1.70. The number of amides is 1. The van der Waals surface area contributed by atoms with Crippen LogP contribution in [0.4, 0.5) is 10.1 Å². The topological polar surface area (TPSA) is 99.7 Å². The summed E-state index contributed by atoms with van der Waals surface area (Å²) in [6, 6.07) is 12.8. The summed E-state index contributed by atoms with van der Waals surface area (Å²) in [4.78, 5) is 35.1. The molecule has 0 spiro atoms. The Morgan fingerprint density at radius 2 is 1.81 bits per heavy atom. The summed E-state index contributed by atoms with van der Waals surface area (Å²) in [5, 5.41) is 2.66. The fraction of sp³-hybridized carbons (Fsp3) is 0.438. The minimum absolute atomic E-state index is 0.0886. The Balaban J connectivity index is 0.000000336. The van der Waals surface area contributed by atoms with E-state index in [-0.39, 0.29) is 23.2 Å². The van der Waals surface area contributed by atoms with E-state index in [1.54, 1.807) is 30.0 Å². The molecule has 2 fully saturated rings. The first kappa shape index (κ1) is 29.4. The van der Waals surface area contributed by atoms with E-state index in [9.17, 15) is 14.0 Å². The van der Waals surface area contributed by atoms with Crippen molar-refractivity contribution < 1.29 is 18.7 Å². The number of methoxy groups -OCH3 is 1. The van der Waals surface area contributed by atoms with Crippen molar-refractivity contribution in [1.29, 1.82) is 0 Å². The number of carbonyl (C=O) groups is 1. The van der Waals surface area contributed by atoms with Gasteiger partial charge in [-0.25, -0.2) is 9.37 Å². The molecule has 0 radical (unpaired) electrons. The maximum atomic E-state index is 13.5. The Hall–Kier alpha value is -4.05. The van der Waals surface area contributed by atoms with Crippen LogP contribution in [0.2, 0.25) is 0 Å². The first-order chi connectivity index (χ1) is 20.3. The van der Waals surface area contributed by atoms with E-state index in [0.717, 1.165) is 18.5 Å². The number of aromatic nitrogens is 4. The number of ether oxygens (including phenoxy) is 2. The van der Waals surface area contributed by atoms with Gasteiger partial charge in [0, 0.05) is 38.0 Å². The lowest BCUT2D eigenvalue weighted by molar-refractivity contribution is 0.101. The van der Waals surface area contributed by atoms with E-state index < -0.39 is 23.7 Å². The fourth-order valence-corrected chi connectivity index (χ4v) is 5.23. The van der Waals surface area contributed by atoms with E-state index in [0.29, 0.717) is 24.7 Å². The Morgan fingerprint density at radius 3 is 2.48 bits per heavy atom. The van der Waals surface area contributed by atoms with Crippen molar-refractivity contribution in [2.45, 2.75) is 83.2 Å². The van der Waals surface area contributed by atoms with Gasteiger partial charge in [-0.15, -0.1) is 0 Å². The zero-order chi connectivity index (χ0) is 29.6. The van der Waals surface area contributed by atoms with Gasteiger partial charge in [-0.3, -0.25) is 14.0 Å². The predicted molar refractivity (Wildman–Crippen MR) is 159 cm³/mol. The molecule has 1 N–H and O–H groups in total. The van der Waals surface area contributed by atoms with E-state index in [2.05, 4.69) is 10.3 Å². The summed E-state index contributed by atoms with van der Waals surface area (Å²) < 4.78 is 27.3. The first-order valence-electron chi connectivity index (χ1n) is 14.6. The number of halogens is 1. The van der Waals surface area contributed by atoms with Crippen LogP contribution < -0.4 is 15.6 Å². The van der Waals surface area contributed by atoms with E-state index in [1.807, 2.05) is 50.4 Å². The van der Waals surface area contributed by atoms with Crippen LogP contribution in [0, 0.1) is 0 Å². The Morgan fingerprint density at radius 1 is 1.07 bits per heavy atom. The van der Waals surface area contributed by atoms with Crippen LogP contribution in [-0.2, 0) is 11.3 Å². The molecule has 42 heavy (non-hydrogen) atoms. The van der Waals surface area contributed by atoms with E-state index in [4.69, 9.17) is 14.5 Å². The molecule has 6 rings (SSSR count). The number of alkyl halides is 1. The quantitative estimate of drug-likeness (QED) is 0.273. The molecule has 4 aromatic rings. The smallest absolute Gasteiger partial charge is 0.274 e. The van der Waals surface area contributed by atoms with Crippen molar-refractivity contribution >= 4 is 17.4 Å². The number of pyridine rings is 1. The van der Waals surface area contributed by atoms with Gasteiger partial charge in [0.1, 0.15) is 17.4 Å². The molecule has 10 heteroatoms. The van der Waals surface area contributed by atoms with Gasteiger partial charge in [-0.2, -0.15) is 4.98 Å². The third-order valence-electron chi connectivity index (χ3n) is 7.46. The Labute approximate surface area is 244 Å². The number of anilines is 1. The maximum Gasteiger partial charge on any atom is 0.274 e. The molecule has 3 aromatic heterocycles. The molecular weight excluding hydrogens is 537 g/mol. The molecule has 222 valence electrons. The zero-order valence-electron chi connectivity index (χ0n) is 24.3. The van der Waals surface area contributed by atoms with Gasteiger partial charge in [0.25, 0.3) is 11.5 Å². The second kappa shape index (κ2) is 13.3. The second-order valence-corrected chi connectivity index (χ2v) is 11.2. The van der Waals surface area contributed by atoms with Crippen molar-refractivity contribution in [2.24, 2.45) is 0 Å². The number of hydrogen-bond acceptors (Lipinski definition) is 6. The third kappa shape index (κ3) is 7.05. The van der Waals surface area contributed by atoms with Crippen LogP contribution in [0.3, 0.4) is 0 Å². The standard InChI is InChI=1S/C24H28FN5O3.C8H10O/c1-14(2)33-22-16(12-29-13-19(27-24(29)28-22)15-7-4-3-5-8-15)21(31)26-18-9-6-10-30(23(18)32)20-11-17(20)25;1-9-7-8-5-3-2-4-6-8/h6,9-10,12-15,17,20H,3-5,7-8,11H2,1-2H3,(H,26,31);2-6H,7H2,1H3. The van der Waals surface area contributed by atoms with Crippen LogP contribution in [0.25, 0.3) is 5.78 Å². The number of rotatable bonds is 8. The average molecular weight is 576 g/mol. The number of hydrogen-bond donors (Lipinski definition) is 1. The number of nitrogens with one attached hydrogen (secondary N) is 1. The summed E-state index contributed by atoms with van der Waals surface area (Å²) in [6.07, 6.45) is 10.1. The molecule has 0 saturated heterocycles. The monoisotopic (exact) mass is 575 g/mol. The normalized spacial score (nSPS) is 18.4. The SMILES string of the molecule is CC(C)Oc1nc2nc(C3CCCCC3)cn2cc1C(=O)Nc1cccn(C2CC2F)c1=O.COCc1ccccc1. The summed E-state index contributed by atoms with van der Waals surface area (Å²) in [6.45, 7) is 4.41. The Bertz CT molecular complexity index is 1560. The molecule has 1 aromatic carbocycles. The first-order valence-corrected chi connectivity index (χ1v) is 14.6. The highest BCUT2D eigenvalue weighted by molar-refractivity contribution is 6.05. The van der Waals surface area contributed by atoms with Crippen LogP contribution in [-0.4, -0.2) is 44.2 Å². The lowest BCUT2D eigenvalue weighted by Gasteiger charge is -2.19. The highest BCUT2D eigenvalue weighted by Crippen LogP contribution is 2.38. The molecular formula is C32H38FN5O4. The lowest BCUT2D eigenvalue weighted by Crippen LogP contribution is -2.26. The second-order valence-electron chi connectivity index (χ2n) is 11.2. The zero-order valence-corrected chi connectivity index (χ0v) is 24.3. The molecule has 2 aliphatic rings. The highest BCUT2D eigenvalue weighted by Gasteiger charge is 2.40. The lowest BCUT2D eigenvalue weighted by atomic mass is 9.87. The molecule has 2 aliphatic carbocycles. The van der Waals surface area contributed by atoms with Gasteiger partial charge in [-0.1, -0.05) is 49.6 Å². The number of fused-ring (bicyclic) bond motifs is 1. The number of carbonyl (C=O) groups excluding carboxylic acids is 1. The number of benzene rings is 1. The molecule has 2 unspecified atom stereocenters. The summed E-state index contributed by atoms with van der Waals surface area (Å²) in [5.74, 6) is 0.526. The van der Waals surface area contributed by atoms with Gasteiger partial charge in [0.15, 0.2) is 0 Å². The predicted octanol–water partition coefficient (Wildman–Crippen LogP) is 6.09. The number of imidazole rings is 1. The van der Waals surface area contributed by atoms with E-state index in [1.165, 1.54) is 35.5 Å². The van der Waals surface area contributed by atoms with Crippen molar-refractivity contribution in [3.63, 3.8) is 0 Å². The summed E-state index contributed by atoms with van der Waals surface area (Å²) >= 11 is 0. The Kier molecular flexibility index (Phi) is 9.31. The molecule has 3 heterocycles. The van der Waals surface area contributed by atoms with Gasteiger partial charge in [0.05, 0.1) is 24.4 Å². The van der Waals surface area contributed by atoms with Gasteiger partial charge in [0.2, 0.25) is 11.7 Å². The van der Waals surface area contributed by atoms with Crippen LogP contribution in [0.1, 0.15) is 85.9 Å². The molecule has 0 aliphatic heterocycles. The highest BCUT2D eigenvalue weighted by atomic mass is 19.1. The van der Waals surface area contributed by atoms with Gasteiger partial charge < -0.3 is 19.4 Å². The van der Waals surface area contributed by atoms with Crippen molar-refractivity contribution in [3.8, 4) is 5.88 Å². The van der Waals surface area contributed by atoms with E-state index >= 15 is 0 Å². The van der Waals surface area contributed by atoms with Crippen molar-refractivity contribution in [1.82, 2.24) is 18.9 Å². The largest absolute Gasteiger partial charge is 0.474 e. The average Bonchev–Trinajstić information content (AvgIpc) is 3.56. The molecule has 0 bridgehead atoms. The maximum absolute atomic E-state index is 13.5. The van der Waals surface area contributed by atoms with Crippen LogP contribution in [0.15, 0.2) is 65.8 Å². The fourth-order valence-electron chi connectivity index (χ4n) is 5.23. The minimum Gasteiger partial charge on any atom is -0.474 e. The molecule has 2 saturated carbocycles. The van der Waals surface area contributed by atoms with Gasteiger partial charge >= 0.3 is 0 Å².